The molecule has 1 atom stereocenters. The van der Waals surface area contributed by atoms with Gasteiger partial charge in [-0.2, -0.15) is 0 Å². The van der Waals surface area contributed by atoms with Crippen LogP contribution in [0.3, 0.4) is 0 Å². The summed E-state index contributed by atoms with van der Waals surface area (Å²) in [6.07, 6.45) is 5.96. The molecule has 1 saturated heterocycles. The van der Waals surface area contributed by atoms with Crippen molar-refractivity contribution < 1.29 is 0 Å². The summed E-state index contributed by atoms with van der Waals surface area (Å²) in [7, 11) is 2.21. The van der Waals surface area contributed by atoms with Crippen LogP contribution < -0.4 is 10.9 Å². The lowest BCUT2D eigenvalue weighted by atomic mass is 9.90. The zero-order valence-corrected chi connectivity index (χ0v) is 12.3. The molecule has 2 N–H and O–H groups in total. The molecule has 0 spiro atoms. The molecular weight excluding hydrogens is 250 g/mol. The highest BCUT2D eigenvalue weighted by Gasteiger charge is 2.22. The second-order valence-corrected chi connectivity index (χ2v) is 6.36. The van der Waals surface area contributed by atoms with Crippen molar-refractivity contribution in [3.8, 4) is 0 Å². The van der Waals surface area contributed by atoms with E-state index in [1.807, 2.05) is 6.07 Å². The van der Waals surface area contributed by atoms with Gasteiger partial charge in [-0.25, -0.2) is 0 Å². The highest BCUT2D eigenvalue weighted by Crippen LogP contribution is 2.28. The smallest absolute Gasteiger partial charge is 0.248 e. The quantitative estimate of drug-likeness (QED) is 0.882. The number of H-pyrrole nitrogens is 1. The van der Waals surface area contributed by atoms with Gasteiger partial charge in [0.2, 0.25) is 5.56 Å². The van der Waals surface area contributed by atoms with E-state index in [1.54, 1.807) is 6.07 Å². The van der Waals surface area contributed by atoms with Gasteiger partial charge in [0, 0.05) is 17.8 Å². The van der Waals surface area contributed by atoms with Crippen LogP contribution in [0.25, 0.3) is 0 Å². The van der Waals surface area contributed by atoms with Crippen LogP contribution in [0, 0.1) is 5.92 Å². The monoisotopic (exact) mass is 275 g/mol. The topological polar surface area (TPSA) is 48.1 Å². The molecule has 4 nitrogen and oxygen atoms in total. The van der Waals surface area contributed by atoms with Crippen LogP contribution in [-0.2, 0) is 6.42 Å². The number of aromatic amines is 1. The Labute approximate surface area is 120 Å². The van der Waals surface area contributed by atoms with Gasteiger partial charge in [0.05, 0.1) is 0 Å². The maximum absolute atomic E-state index is 11.4. The highest BCUT2D eigenvalue weighted by atomic mass is 16.1. The predicted molar refractivity (Wildman–Crippen MR) is 81.0 cm³/mol. The minimum Gasteiger partial charge on any atom is -0.326 e. The van der Waals surface area contributed by atoms with E-state index in [2.05, 4.69) is 22.2 Å². The fourth-order valence-corrected chi connectivity index (χ4v) is 3.49. The largest absolute Gasteiger partial charge is 0.326 e. The molecule has 110 valence electrons. The van der Waals surface area contributed by atoms with Crippen molar-refractivity contribution in [2.45, 2.75) is 38.1 Å². The van der Waals surface area contributed by atoms with Gasteiger partial charge < -0.3 is 15.2 Å². The first-order chi connectivity index (χ1) is 9.72. The van der Waals surface area contributed by atoms with E-state index in [0.29, 0.717) is 6.04 Å². The van der Waals surface area contributed by atoms with E-state index in [0.717, 1.165) is 31.0 Å². The molecule has 0 amide bonds. The second kappa shape index (κ2) is 6.10. The number of pyridine rings is 1. The summed E-state index contributed by atoms with van der Waals surface area (Å²) in [5, 5.41) is 3.74. The number of hydrogen-bond donors (Lipinski definition) is 2. The van der Waals surface area contributed by atoms with Crippen LogP contribution in [0.2, 0.25) is 0 Å². The van der Waals surface area contributed by atoms with E-state index in [-0.39, 0.29) is 5.56 Å². The van der Waals surface area contributed by atoms with E-state index in [1.165, 1.54) is 37.9 Å². The Hall–Kier alpha value is -1.13. The number of fused-ring (bicyclic) bond motifs is 1. The van der Waals surface area contributed by atoms with Crippen molar-refractivity contribution in [1.82, 2.24) is 15.2 Å². The lowest BCUT2D eigenvalue weighted by molar-refractivity contribution is 0.211. The zero-order valence-electron chi connectivity index (χ0n) is 12.3. The zero-order chi connectivity index (χ0) is 13.9. The molecule has 2 aliphatic rings. The number of aryl methyl sites for hydroxylation is 1. The third-order valence-electron chi connectivity index (χ3n) is 4.82. The van der Waals surface area contributed by atoms with Crippen LogP contribution in [-0.4, -0.2) is 36.6 Å². The standard InChI is InChI=1S/C16H25N3O/c1-19-9-7-12(8-10-19)11-17-14-3-2-4-15-13(14)5-6-16(20)18-15/h5-6,12,14,17H,2-4,7-11H2,1H3,(H,18,20). The minimum absolute atomic E-state index is 0.0275. The molecule has 1 aliphatic heterocycles. The number of rotatable bonds is 3. The van der Waals surface area contributed by atoms with Gasteiger partial charge >= 0.3 is 0 Å². The molecule has 1 aromatic heterocycles. The fraction of sp³-hybridized carbons (Fsp3) is 0.688. The Bertz CT molecular complexity index is 503. The predicted octanol–water partition coefficient (Wildman–Crippen LogP) is 1.68. The van der Waals surface area contributed by atoms with Crippen molar-refractivity contribution in [3.63, 3.8) is 0 Å². The maximum atomic E-state index is 11.4. The number of likely N-dealkylation sites (tertiary alicyclic amines) is 1. The van der Waals surface area contributed by atoms with Crippen LogP contribution in [0.5, 0.6) is 0 Å². The molecule has 20 heavy (non-hydrogen) atoms. The van der Waals surface area contributed by atoms with E-state index < -0.39 is 0 Å². The first-order valence-electron chi connectivity index (χ1n) is 7.86. The number of piperidine rings is 1. The third kappa shape index (κ3) is 3.13. The Balaban J connectivity index is 1.60. The van der Waals surface area contributed by atoms with Gasteiger partial charge in [-0.05, 0) is 70.3 Å². The number of nitrogens with one attached hydrogen (secondary N) is 2. The Morgan fingerprint density at radius 2 is 2.10 bits per heavy atom. The summed E-state index contributed by atoms with van der Waals surface area (Å²) >= 11 is 0. The third-order valence-corrected chi connectivity index (χ3v) is 4.82. The van der Waals surface area contributed by atoms with Gasteiger partial charge in [0.15, 0.2) is 0 Å². The van der Waals surface area contributed by atoms with Crippen molar-refractivity contribution in [1.29, 1.82) is 0 Å². The van der Waals surface area contributed by atoms with Gasteiger partial charge in [0.1, 0.15) is 0 Å². The molecule has 1 unspecified atom stereocenters. The Morgan fingerprint density at radius 1 is 1.30 bits per heavy atom. The average Bonchev–Trinajstić information content (AvgIpc) is 2.46. The number of hydrogen-bond acceptors (Lipinski definition) is 3. The average molecular weight is 275 g/mol. The normalized spacial score (nSPS) is 24.6. The number of nitrogens with zero attached hydrogens (tertiary/aromatic N) is 1. The second-order valence-electron chi connectivity index (χ2n) is 6.36. The summed E-state index contributed by atoms with van der Waals surface area (Å²) < 4.78 is 0. The first-order valence-corrected chi connectivity index (χ1v) is 7.86. The van der Waals surface area contributed by atoms with Gasteiger partial charge in [-0.15, -0.1) is 0 Å². The van der Waals surface area contributed by atoms with Crippen LogP contribution in [0.15, 0.2) is 16.9 Å². The first kappa shape index (κ1) is 13.8. The van der Waals surface area contributed by atoms with E-state index in [4.69, 9.17) is 0 Å². The Morgan fingerprint density at radius 3 is 2.90 bits per heavy atom. The molecule has 2 heterocycles. The van der Waals surface area contributed by atoms with Gasteiger partial charge in [-0.1, -0.05) is 6.07 Å². The molecule has 1 fully saturated rings. The molecule has 3 rings (SSSR count). The molecule has 0 bridgehead atoms. The summed E-state index contributed by atoms with van der Waals surface area (Å²) in [5.74, 6) is 0.805. The molecule has 1 aliphatic carbocycles. The lowest BCUT2D eigenvalue weighted by Crippen LogP contribution is -2.37. The van der Waals surface area contributed by atoms with Crippen LogP contribution >= 0.6 is 0 Å². The SMILES string of the molecule is CN1CCC(CNC2CCCc3[nH]c(=O)ccc32)CC1. The van der Waals surface area contributed by atoms with E-state index in [9.17, 15) is 4.79 Å². The summed E-state index contributed by atoms with van der Waals surface area (Å²) in [6.45, 7) is 3.55. The maximum Gasteiger partial charge on any atom is 0.248 e. The van der Waals surface area contributed by atoms with Gasteiger partial charge in [0.25, 0.3) is 0 Å². The molecule has 1 aromatic rings. The van der Waals surface area contributed by atoms with Crippen molar-refractivity contribution >= 4 is 0 Å². The summed E-state index contributed by atoms with van der Waals surface area (Å²) in [6, 6.07) is 4.10. The molecule has 0 aromatic carbocycles. The van der Waals surface area contributed by atoms with Crippen molar-refractivity contribution in [3.05, 3.63) is 33.7 Å². The summed E-state index contributed by atoms with van der Waals surface area (Å²) in [5.41, 5.74) is 2.48. The molecular formula is C16H25N3O. The molecule has 0 radical (unpaired) electrons. The molecule has 0 saturated carbocycles. The van der Waals surface area contributed by atoms with Crippen molar-refractivity contribution in [2.75, 3.05) is 26.7 Å². The van der Waals surface area contributed by atoms with Crippen molar-refractivity contribution in [2.24, 2.45) is 5.92 Å². The Kier molecular flexibility index (Phi) is 4.22. The lowest BCUT2D eigenvalue weighted by Gasteiger charge is -2.32. The fourth-order valence-electron chi connectivity index (χ4n) is 3.49. The minimum atomic E-state index is 0.0275. The number of aromatic nitrogens is 1. The van der Waals surface area contributed by atoms with E-state index >= 15 is 0 Å². The van der Waals surface area contributed by atoms with Gasteiger partial charge in [-0.3, -0.25) is 4.79 Å². The molecule has 4 heteroatoms. The van der Waals surface area contributed by atoms with Crippen LogP contribution in [0.4, 0.5) is 0 Å². The highest BCUT2D eigenvalue weighted by molar-refractivity contribution is 5.26. The van der Waals surface area contributed by atoms with Crippen LogP contribution in [0.1, 0.15) is 43.0 Å². The summed E-state index contributed by atoms with van der Waals surface area (Å²) in [4.78, 5) is 16.8.